The highest BCUT2D eigenvalue weighted by Crippen LogP contribution is 2.49. The number of carbonyl (C=O) groups excluding carboxylic acids is 2. The number of aliphatic hydroxyl groups is 3. The van der Waals surface area contributed by atoms with Gasteiger partial charge in [0.2, 0.25) is 11.6 Å². The van der Waals surface area contributed by atoms with Crippen molar-refractivity contribution in [1.29, 1.82) is 0 Å². The number of aryl methyl sites for hydroxylation is 1. The summed E-state index contributed by atoms with van der Waals surface area (Å²) in [6.07, 6.45) is 6.19. The minimum Gasteiger partial charge on any atom is -0.507 e. The predicted molar refractivity (Wildman–Crippen MR) is 167 cm³/mol. The van der Waals surface area contributed by atoms with E-state index >= 15 is 0 Å². The van der Waals surface area contributed by atoms with E-state index in [0.717, 1.165) is 11.1 Å². The van der Waals surface area contributed by atoms with Crippen molar-refractivity contribution in [3.8, 4) is 17.2 Å². The third-order valence-electron chi connectivity index (χ3n) is 9.54. The van der Waals surface area contributed by atoms with E-state index in [1.54, 1.807) is 26.8 Å². The number of phenols is 3. The quantitative estimate of drug-likeness (QED) is 0.148. The van der Waals surface area contributed by atoms with E-state index in [0.29, 0.717) is 44.1 Å². The first-order chi connectivity index (χ1) is 20.3. The summed E-state index contributed by atoms with van der Waals surface area (Å²) in [5.41, 5.74) is -2.38. The van der Waals surface area contributed by atoms with Gasteiger partial charge in [-0.2, -0.15) is 0 Å². The summed E-state index contributed by atoms with van der Waals surface area (Å²) in [5, 5.41) is 64.8. The van der Waals surface area contributed by atoms with Gasteiger partial charge in [0.15, 0.2) is 5.60 Å². The molecule has 0 saturated carbocycles. The molecule has 9 heteroatoms. The Labute approximate surface area is 258 Å². The van der Waals surface area contributed by atoms with Crippen molar-refractivity contribution >= 4 is 22.3 Å². The number of phenolic OH excluding ortho intramolecular Hbond substituents is 3. The van der Waals surface area contributed by atoms with Crippen LogP contribution in [0.25, 0.3) is 10.8 Å². The van der Waals surface area contributed by atoms with Gasteiger partial charge in [-0.15, -0.1) is 0 Å². The molecule has 0 amide bonds. The maximum Gasteiger partial charge on any atom is 0.207 e. The maximum atomic E-state index is 13.6. The van der Waals surface area contributed by atoms with E-state index in [9.17, 15) is 40.2 Å². The van der Waals surface area contributed by atoms with Crippen molar-refractivity contribution in [2.45, 2.75) is 122 Å². The first-order valence-corrected chi connectivity index (χ1v) is 15.3. The average Bonchev–Trinajstić information content (AvgIpc) is 3.36. The summed E-state index contributed by atoms with van der Waals surface area (Å²) in [6.45, 7) is 12.2. The molecule has 2 aliphatic rings. The average molecular weight is 611 g/mol. The number of ether oxygens (including phenoxy) is 1. The molecule has 1 aliphatic heterocycles. The number of benzene rings is 2. The number of hydrogen-bond acceptors (Lipinski definition) is 9. The molecule has 1 fully saturated rings. The van der Waals surface area contributed by atoms with Crippen LogP contribution >= 0.6 is 0 Å². The first-order valence-electron chi connectivity index (χ1n) is 15.3. The highest BCUT2D eigenvalue weighted by atomic mass is 16.5. The number of Topliss-reactive ketones (excluding diaryl/α,β-unsaturated/α-hetero) is 2. The second-order valence-corrected chi connectivity index (χ2v) is 13.6. The van der Waals surface area contributed by atoms with Crippen LogP contribution < -0.4 is 0 Å². The highest BCUT2D eigenvalue weighted by Gasteiger charge is 2.51. The lowest BCUT2D eigenvalue weighted by Crippen LogP contribution is -2.49. The van der Waals surface area contributed by atoms with Crippen LogP contribution in [0.1, 0.15) is 111 Å². The Balaban J connectivity index is 1.42. The molecular weight excluding hydrogens is 564 g/mol. The standard InChI is InChI=1S/C35H46O9/c1-18(11-12-23(37)34(7)15-14-24(44-34)33(5,6)42)9-8-10-19(2)13-16-35(43)31(40)26-22(36)17-20(3)25-27(26)28(32(35)41)30(39)21(4)29(25)38/h9,13,17,23-24,36-39,42-43H,8,10-12,14-16H2,1-7H3/b18-9+,19-13+/t23?,24-,34+,35-/m0/s1. The molecule has 240 valence electrons. The summed E-state index contributed by atoms with van der Waals surface area (Å²) in [4.78, 5) is 27.1. The zero-order valence-electron chi connectivity index (χ0n) is 26.7. The third kappa shape index (κ3) is 5.90. The van der Waals surface area contributed by atoms with Crippen molar-refractivity contribution in [3.05, 3.63) is 51.6 Å². The van der Waals surface area contributed by atoms with Crippen molar-refractivity contribution in [2.75, 3.05) is 0 Å². The monoisotopic (exact) mass is 610 g/mol. The Hall–Kier alpha value is -3.24. The lowest BCUT2D eigenvalue weighted by molar-refractivity contribution is -0.153. The second kappa shape index (κ2) is 11.9. The van der Waals surface area contributed by atoms with Crippen LogP contribution in [-0.2, 0) is 4.74 Å². The second-order valence-electron chi connectivity index (χ2n) is 13.6. The zero-order chi connectivity index (χ0) is 32.9. The molecule has 1 unspecified atom stereocenters. The van der Waals surface area contributed by atoms with Crippen molar-refractivity contribution in [2.24, 2.45) is 0 Å². The molecule has 0 aromatic heterocycles. The largest absolute Gasteiger partial charge is 0.507 e. The van der Waals surface area contributed by atoms with E-state index in [1.165, 1.54) is 13.0 Å². The zero-order valence-corrected chi connectivity index (χ0v) is 26.7. The van der Waals surface area contributed by atoms with E-state index < -0.39 is 46.0 Å². The van der Waals surface area contributed by atoms with Gasteiger partial charge in [0.05, 0.1) is 34.5 Å². The minimum atomic E-state index is -2.53. The van der Waals surface area contributed by atoms with Gasteiger partial charge in [-0.25, -0.2) is 0 Å². The fourth-order valence-corrected chi connectivity index (χ4v) is 6.46. The molecule has 1 aliphatic carbocycles. The maximum absolute atomic E-state index is 13.6. The van der Waals surface area contributed by atoms with Crippen LogP contribution in [-0.4, -0.2) is 71.2 Å². The molecule has 1 saturated heterocycles. The number of ketones is 2. The summed E-state index contributed by atoms with van der Waals surface area (Å²) in [6, 6.07) is 1.30. The highest BCUT2D eigenvalue weighted by molar-refractivity contribution is 6.36. The lowest BCUT2D eigenvalue weighted by atomic mass is 9.73. The van der Waals surface area contributed by atoms with Gasteiger partial charge in [-0.05, 0) is 98.6 Å². The van der Waals surface area contributed by atoms with Gasteiger partial charge in [0.1, 0.15) is 17.2 Å². The third-order valence-corrected chi connectivity index (χ3v) is 9.54. The van der Waals surface area contributed by atoms with Gasteiger partial charge in [-0.3, -0.25) is 9.59 Å². The summed E-state index contributed by atoms with van der Waals surface area (Å²) in [5.74, 6) is -3.22. The van der Waals surface area contributed by atoms with E-state index in [2.05, 4.69) is 6.08 Å². The van der Waals surface area contributed by atoms with Gasteiger partial charge in [0, 0.05) is 22.8 Å². The Morgan fingerprint density at radius 2 is 1.64 bits per heavy atom. The first kappa shape index (κ1) is 33.6. The topological polar surface area (TPSA) is 165 Å². The minimum absolute atomic E-state index is 0.0434. The van der Waals surface area contributed by atoms with Crippen LogP contribution in [0.5, 0.6) is 17.2 Å². The lowest BCUT2D eigenvalue weighted by Gasteiger charge is -2.33. The molecule has 9 nitrogen and oxygen atoms in total. The van der Waals surface area contributed by atoms with Crippen molar-refractivity contribution in [3.63, 3.8) is 0 Å². The van der Waals surface area contributed by atoms with Crippen LogP contribution in [0.2, 0.25) is 0 Å². The molecule has 4 rings (SSSR count). The van der Waals surface area contributed by atoms with Gasteiger partial charge >= 0.3 is 0 Å². The molecule has 4 atom stereocenters. The van der Waals surface area contributed by atoms with Crippen molar-refractivity contribution in [1.82, 2.24) is 0 Å². The molecule has 6 N–H and O–H groups in total. The van der Waals surface area contributed by atoms with Crippen molar-refractivity contribution < 1.29 is 45.0 Å². The number of hydrogen-bond donors (Lipinski definition) is 6. The fourth-order valence-electron chi connectivity index (χ4n) is 6.46. The van der Waals surface area contributed by atoms with Crippen LogP contribution in [0.4, 0.5) is 0 Å². The van der Waals surface area contributed by atoms with E-state index in [1.807, 2.05) is 20.8 Å². The van der Waals surface area contributed by atoms with Crippen LogP contribution in [0.15, 0.2) is 29.4 Å². The molecule has 2 aromatic carbocycles. The van der Waals surface area contributed by atoms with Gasteiger partial charge < -0.3 is 35.4 Å². The Morgan fingerprint density at radius 3 is 2.25 bits per heavy atom. The Bertz CT molecular complexity index is 1560. The normalized spacial score (nSPS) is 25.3. The van der Waals surface area contributed by atoms with E-state index in [-0.39, 0.29) is 45.7 Å². The number of allylic oxidation sites excluding steroid dienone is 3. The smallest absolute Gasteiger partial charge is 0.207 e. The van der Waals surface area contributed by atoms with Gasteiger partial charge in [-0.1, -0.05) is 23.3 Å². The number of carbonyl (C=O) groups is 2. The molecule has 2 aromatic rings. The summed E-state index contributed by atoms with van der Waals surface area (Å²) in [7, 11) is 0. The SMILES string of the molecule is C/C(=C\C[C@]1(O)C(=O)c2c(O)cc(C)c3c(O)c(C)c(O)c(c23)C1=O)CC/C=C(\C)CCC(O)[C@@]1(C)CC[C@@H](C(C)(C)O)O1. The Kier molecular flexibility index (Phi) is 9.12. The molecule has 0 radical (unpaired) electrons. The number of aliphatic hydroxyl groups excluding tert-OH is 1. The molecular formula is C35H46O9. The summed E-state index contributed by atoms with van der Waals surface area (Å²) < 4.78 is 6.05. The molecule has 0 spiro atoms. The Morgan fingerprint density at radius 1 is 1.02 bits per heavy atom. The predicted octanol–water partition coefficient (Wildman–Crippen LogP) is 5.60. The van der Waals surface area contributed by atoms with Crippen LogP contribution in [0, 0.1) is 13.8 Å². The summed E-state index contributed by atoms with van der Waals surface area (Å²) >= 11 is 0. The van der Waals surface area contributed by atoms with Crippen LogP contribution in [0.3, 0.4) is 0 Å². The molecule has 44 heavy (non-hydrogen) atoms. The molecule has 0 bridgehead atoms. The van der Waals surface area contributed by atoms with E-state index in [4.69, 9.17) is 4.74 Å². The van der Waals surface area contributed by atoms with Gasteiger partial charge in [0.25, 0.3) is 0 Å². The number of aromatic hydroxyl groups is 3. The molecule has 1 heterocycles. The number of rotatable bonds is 10. The fraction of sp³-hybridized carbons (Fsp3) is 0.543.